The first kappa shape index (κ1) is 11.7. The molecule has 80 valence electrons. The smallest absolute Gasteiger partial charge is 0.104 e. The number of ether oxygens (including phenoxy) is 1. The Morgan fingerprint density at radius 3 is 2.53 bits per heavy atom. The molecule has 15 heavy (non-hydrogen) atoms. The van der Waals surface area contributed by atoms with Crippen molar-refractivity contribution >= 4 is 6.08 Å². The second kappa shape index (κ2) is 6.17. The Balaban J connectivity index is 2.61. The lowest BCUT2D eigenvalue weighted by Gasteiger charge is -2.14. The summed E-state index contributed by atoms with van der Waals surface area (Å²) in [6.45, 7) is 3.59. The number of hydrogen-bond donors (Lipinski definition) is 1. The van der Waals surface area contributed by atoms with Gasteiger partial charge in [-0.25, -0.2) is 0 Å². The van der Waals surface area contributed by atoms with Crippen LogP contribution in [0.2, 0.25) is 0 Å². The third-order valence-electron chi connectivity index (χ3n) is 2.13. The molecule has 2 unspecified atom stereocenters. The van der Waals surface area contributed by atoms with E-state index in [0.717, 1.165) is 5.56 Å². The first-order valence-corrected chi connectivity index (χ1v) is 4.84. The van der Waals surface area contributed by atoms with Crippen molar-refractivity contribution in [1.29, 1.82) is 0 Å². The Morgan fingerprint density at radius 1 is 1.33 bits per heavy atom. The highest BCUT2D eigenvalue weighted by molar-refractivity contribution is 5.49. The number of aliphatic hydroxyl groups excluding tert-OH is 1. The van der Waals surface area contributed by atoms with Crippen molar-refractivity contribution < 1.29 is 9.84 Å². The van der Waals surface area contributed by atoms with E-state index in [1.165, 1.54) is 0 Å². The van der Waals surface area contributed by atoms with E-state index in [0.29, 0.717) is 0 Å². The molecule has 2 heteroatoms. The lowest BCUT2D eigenvalue weighted by Crippen LogP contribution is -2.23. The van der Waals surface area contributed by atoms with Gasteiger partial charge in [-0.2, -0.15) is 0 Å². The van der Waals surface area contributed by atoms with E-state index < -0.39 is 6.10 Å². The maximum atomic E-state index is 9.69. The zero-order valence-corrected chi connectivity index (χ0v) is 8.84. The number of methoxy groups -OCH3 is 1. The van der Waals surface area contributed by atoms with Gasteiger partial charge in [0, 0.05) is 7.11 Å². The zero-order valence-electron chi connectivity index (χ0n) is 8.84. The van der Waals surface area contributed by atoms with Crippen LogP contribution in [0.25, 0.3) is 6.08 Å². The summed E-state index contributed by atoms with van der Waals surface area (Å²) in [5, 5.41) is 9.69. The normalized spacial score (nSPS) is 15.1. The SMILES string of the molecule is C=CC(OC)C(O)/C=C/c1ccccc1. The van der Waals surface area contributed by atoms with Crippen LogP contribution in [0.4, 0.5) is 0 Å². The molecular weight excluding hydrogens is 188 g/mol. The van der Waals surface area contributed by atoms with Gasteiger partial charge in [0.15, 0.2) is 0 Å². The summed E-state index contributed by atoms with van der Waals surface area (Å²) in [4.78, 5) is 0. The lowest BCUT2D eigenvalue weighted by molar-refractivity contribution is 0.0435. The summed E-state index contributed by atoms with van der Waals surface area (Å²) in [7, 11) is 1.55. The third-order valence-corrected chi connectivity index (χ3v) is 2.13. The van der Waals surface area contributed by atoms with Gasteiger partial charge < -0.3 is 9.84 Å². The van der Waals surface area contributed by atoms with Gasteiger partial charge in [0.05, 0.1) is 0 Å². The molecule has 0 spiro atoms. The third kappa shape index (κ3) is 3.70. The predicted octanol–water partition coefficient (Wildman–Crippen LogP) is 2.26. The van der Waals surface area contributed by atoms with Crippen molar-refractivity contribution in [2.45, 2.75) is 12.2 Å². The van der Waals surface area contributed by atoms with Crippen molar-refractivity contribution in [3.05, 3.63) is 54.6 Å². The quantitative estimate of drug-likeness (QED) is 0.745. The molecule has 0 saturated heterocycles. The fourth-order valence-corrected chi connectivity index (χ4v) is 1.26. The molecule has 1 aromatic rings. The molecule has 0 bridgehead atoms. The molecule has 1 aromatic carbocycles. The largest absolute Gasteiger partial charge is 0.386 e. The molecular formula is C13H16O2. The van der Waals surface area contributed by atoms with Gasteiger partial charge in [-0.3, -0.25) is 0 Å². The minimum absolute atomic E-state index is 0.357. The zero-order chi connectivity index (χ0) is 11.1. The van der Waals surface area contributed by atoms with E-state index in [4.69, 9.17) is 4.74 Å². The van der Waals surface area contributed by atoms with Gasteiger partial charge in [0.25, 0.3) is 0 Å². The highest BCUT2D eigenvalue weighted by Gasteiger charge is 2.10. The molecule has 0 radical (unpaired) electrons. The van der Waals surface area contributed by atoms with E-state index in [-0.39, 0.29) is 6.10 Å². The first-order valence-electron chi connectivity index (χ1n) is 4.84. The van der Waals surface area contributed by atoms with E-state index in [2.05, 4.69) is 6.58 Å². The van der Waals surface area contributed by atoms with Crippen LogP contribution in [0.1, 0.15) is 5.56 Å². The Kier molecular flexibility index (Phi) is 4.81. The van der Waals surface area contributed by atoms with Crippen molar-refractivity contribution in [3.8, 4) is 0 Å². The van der Waals surface area contributed by atoms with Crippen LogP contribution in [0, 0.1) is 0 Å². The van der Waals surface area contributed by atoms with Gasteiger partial charge in [0.2, 0.25) is 0 Å². The molecule has 1 rings (SSSR count). The van der Waals surface area contributed by atoms with Gasteiger partial charge in [0.1, 0.15) is 12.2 Å². The van der Waals surface area contributed by atoms with Crippen molar-refractivity contribution in [2.75, 3.05) is 7.11 Å². The lowest BCUT2D eigenvalue weighted by atomic mass is 10.1. The summed E-state index contributed by atoms with van der Waals surface area (Å²) < 4.78 is 5.03. The standard InChI is InChI=1S/C13H16O2/c1-3-13(15-2)12(14)10-9-11-7-5-4-6-8-11/h3-10,12-14H,1H2,2H3/b10-9+. The summed E-state index contributed by atoms with van der Waals surface area (Å²) >= 11 is 0. The fourth-order valence-electron chi connectivity index (χ4n) is 1.26. The van der Waals surface area contributed by atoms with E-state index in [1.54, 1.807) is 19.3 Å². The predicted molar refractivity (Wildman–Crippen MR) is 62.5 cm³/mol. The molecule has 2 atom stereocenters. The molecule has 0 heterocycles. The Labute approximate surface area is 90.5 Å². The van der Waals surface area contributed by atoms with Crippen molar-refractivity contribution in [1.82, 2.24) is 0 Å². The second-order valence-electron chi connectivity index (χ2n) is 3.20. The Morgan fingerprint density at radius 2 is 2.00 bits per heavy atom. The molecule has 2 nitrogen and oxygen atoms in total. The van der Waals surface area contributed by atoms with E-state index >= 15 is 0 Å². The van der Waals surface area contributed by atoms with Crippen LogP contribution in [-0.2, 0) is 4.74 Å². The average molecular weight is 204 g/mol. The number of benzene rings is 1. The monoisotopic (exact) mass is 204 g/mol. The highest BCUT2D eigenvalue weighted by Crippen LogP contribution is 2.06. The molecule has 0 fully saturated rings. The molecule has 0 aromatic heterocycles. The van der Waals surface area contributed by atoms with E-state index in [9.17, 15) is 5.11 Å². The first-order chi connectivity index (χ1) is 7.27. The minimum Gasteiger partial charge on any atom is -0.386 e. The summed E-state index contributed by atoms with van der Waals surface area (Å²) in [5.74, 6) is 0. The van der Waals surface area contributed by atoms with Gasteiger partial charge in [-0.05, 0) is 5.56 Å². The Bertz CT molecular complexity index is 317. The van der Waals surface area contributed by atoms with Crippen molar-refractivity contribution in [3.63, 3.8) is 0 Å². The second-order valence-corrected chi connectivity index (χ2v) is 3.20. The fraction of sp³-hybridized carbons (Fsp3) is 0.231. The Hall–Kier alpha value is -1.38. The van der Waals surface area contributed by atoms with Gasteiger partial charge in [-0.1, -0.05) is 48.6 Å². The molecule has 0 aliphatic carbocycles. The molecule has 0 saturated carbocycles. The number of rotatable bonds is 5. The molecule has 0 aliphatic heterocycles. The highest BCUT2D eigenvalue weighted by atomic mass is 16.5. The van der Waals surface area contributed by atoms with Crippen LogP contribution < -0.4 is 0 Å². The summed E-state index contributed by atoms with van der Waals surface area (Å²) in [5.41, 5.74) is 1.05. The number of aliphatic hydroxyl groups is 1. The van der Waals surface area contributed by atoms with Crippen LogP contribution in [-0.4, -0.2) is 24.4 Å². The minimum atomic E-state index is -0.660. The number of hydrogen-bond acceptors (Lipinski definition) is 2. The molecule has 1 N–H and O–H groups in total. The topological polar surface area (TPSA) is 29.5 Å². The van der Waals surface area contributed by atoms with Gasteiger partial charge in [-0.15, -0.1) is 6.58 Å². The van der Waals surface area contributed by atoms with Crippen LogP contribution >= 0.6 is 0 Å². The van der Waals surface area contributed by atoms with Crippen LogP contribution in [0.3, 0.4) is 0 Å². The molecule has 0 aliphatic rings. The van der Waals surface area contributed by atoms with E-state index in [1.807, 2.05) is 36.4 Å². The maximum Gasteiger partial charge on any atom is 0.104 e. The molecule has 0 amide bonds. The van der Waals surface area contributed by atoms with Crippen LogP contribution in [0.15, 0.2) is 49.1 Å². The summed E-state index contributed by atoms with van der Waals surface area (Å²) in [6.07, 6.45) is 4.13. The van der Waals surface area contributed by atoms with Crippen LogP contribution in [0.5, 0.6) is 0 Å². The van der Waals surface area contributed by atoms with Gasteiger partial charge >= 0.3 is 0 Å². The maximum absolute atomic E-state index is 9.69. The summed E-state index contributed by atoms with van der Waals surface area (Å²) in [6, 6.07) is 9.80. The van der Waals surface area contributed by atoms with Crippen molar-refractivity contribution in [2.24, 2.45) is 0 Å². The average Bonchev–Trinajstić information content (AvgIpc) is 2.29.